The van der Waals surface area contributed by atoms with E-state index < -0.39 is 0 Å². The molecular formula is C20H23N3O4S. The molecule has 2 heterocycles. The van der Waals surface area contributed by atoms with Crippen molar-refractivity contribution in [2.75, 3.05) is 19.0 Å². The van der Waals surface area contributed by atoms with E-state index >= 15 is 0 Å². The maximum Gasteiger partial charge on any atom is 0.311 e. The van der Waals surface area contributed by atoms with Gasteiger partial charge in [-0.2, -0.15) is 0 Å². The Bertz CT molecular complexity index is 852. The number of ether oxygens (including phenoxy) is 1. The second kappa shape index (κ2) is 8.97. The number of piperidine rings is 1. The van der Waals surface area contributed by atoms with Gasteiger partial charge in [-0.3, -0.25) is 14.4 Å². The molecule has 3 rings (SSSR count). The van der Waals surface area contributed by atoms with Crippen LogP contribution in [0.15, 0.2) is 35.7 Å². The number of amides is 2. The molecule has 1 aromatic heterocycles. The normalized spacial score (nSPS) is 19.4. The van der Waals surface area contributed by atoms with Gasteiger partial charge < -0.3 is 15.0 Å². The molecule has 1 saturated heterocycles. The van der Waals surface area contributed by atoms with Gasteiger partial charge in [0.05, 0.1) is 30.7 Å². The molecule has 8 heteroatoms. The van der Waals surface area contributed by atoms with Crippen LogP contribution in [-0.2, 0) is 25.5 Å². The van der Waals surface area contributed by atoms with Crippen LogP contribution in [0.3, 0.4) is 0 Å². The van der Waals surface area contributed by atoms with E-state index in [1.807, 2.05) is 30.3 Å². The SMILES string of the molecule is CCOC(=O)Cc1csc(NC(=O)[C@@H]2CCC(=O)N(C)[C@@H]2c2ccccc2)n1. The quantitative estimate of drug-likeness (QED) is 0.752. The Morgan fingerprint density at radius 1 is 1.32 bits per heavy atom. The van der Waals surface area contributed by atoms with Crippen LogP contribution in [0, 0.1) is 5.92 Å². The first-order valence-electron chi connectivity index (χ1n) is 9.21. The summed E-state index contributed by atoms with van der Waals surface area (Å²) in [7, 11) is 1.74. The fraction of sp³-hybridized carbons (Fsp3) is 0.400. The molecule has 1 fully saturated rings. The Morgan fingerprint density at radius 2 is 2.07 bits per heavy atom. The molecule has 0 spiro atoms. The second-order valence-electron chi connectivity index (χ2n) is 6.62. The molecule has 0 unspecified atom stereocenters. The first-order chi connectivity index (χ1) is 13.5. The van der Waals surface area contributed by atoms with E-state index in [1.165, 1.54) is 11.3 Å². The summed E-state index contributed by atoms with van der Waals surface area (Å²) in [5, 5.41) is 5.03. The van der Waals surface area contributed by atoms with Crippen molar-refractivity contribution in [3.05, 3.63) is 47.0 Å². The minimum absolute atomic E-state index is 0.0314. The van der Waals surface area contributed by atoms with Crippen molar-refractivity contribution in [3.63, 3.8) is 0 Å². The van der Waals surface area contributed by atoms with E-state index in [-0.39, 0.29) is 36.2 Å². The van der Waals surface area contributed by atoms with Gasteiger partial charge in [0.15, 0.2) is 5.13 Å². The fourth-order valence-corrected chi connectivity index (χ4v) is 4.14. The number of aromatic nitrogens is 1. The average molecular weight is 401 g/mol. The maximum atomic E-state index is 13.0. The van der Waals surface area contributed by atoms with Crippen LogP contribution in [0.1, 0.15) is 37.1 Å². The zero-order valence-electron chi connectivity index (χ0n) is 15.9. The number of carbonyl (C=O) groups is 3. The van der Waals surface area contributed by atoms with E-state index in [2.05, 4.69) is 10.3 Å². The Balaban J connectivity index is 1.72. The highest BCUT2D eigenvalue weighted by Gasteiger charge is 2.39. The molecule has 0 radical (unpaired) electrons. The summed E-state index contributed by atoms with van der Waals surface area (Å²) in [6.07, 6.45) is 0.896. The van der Waals surface area contributed by atoms with Gasteiger partial charge in [-0.1, -0.05) is 30.3 Å². The third-order valence-corrected chi connectivity index (χ3v) is 5.56. The Hall–Kier alpha value is -2.74. The van der Waals surface area contributed by atoms with Crippen LogP contribution in [0.2, 0.25) is 0 Å². The molecule has 2 aromatic rings. The van der Waals surface area contributed by atoms with Gasteiger partial charge in [-0.05, 0) is 18.9 Å². The molecule has 2 amide bonds. The maximum absolute atomic E-state index is 13.0. The largest absolute Gasteiger partial charge is 0.466 e. The van der Waals surface area contributed by atoms with E-state index in [0.29, 0.717) is 30.3 Å². The predicted molar refractivity (Wildman–Crippen MR) is 106 cm³/mol. The summed E-state index contributed by atoms with van der Waals surface area (Å²) in [4.78, 5) is 42.7. The molecule has 148 valence electrons. The van der Waals surface area contributed by atoms with Gasteiger partial charge in [-0.15, -0.1) is 11.3 Å². The van der Waals surface area contributed by atoms with Gasteiger partial charge in [0.1, 0.15) is 0 Å². The lowest BCUT2D eigenvalue weighted by Gasteiger charge is -2.38. The zero-order valence-corrected chi connectivity index (χ0v) is 16.7. The van der Waals surface area contributed by atoms with E-state index in [1.54, 1.807) is 24.3 Å². The molecule has 0 saturated carbocycles. The number of hydrogen-bond acceptors (Lipinski definition) is 6. The van der Waals surface area contributed by atoms with Crippen LogP contribution >= 0.6 is 11.3 Å². The molecule has 1 aromatic carbocycles. The number of likely N-dealkylation sites (tertiary alicyclic amines) is 1. The summed E-state index contributed by atoms with van der Waals surface area (Å²) in [5.74, 6) is -0.862. The van der Waals surface area contributed by atoms with Gasteiger partial charge in [0.25, 0.3) is 0 Å². The van der Waals surface area contributed by atoms with Crippen molar-refractivity contribution in [2.24, 2.45) is 5.92 Å². The average Bonchev–Trinajstić information content (AvgIpc) is 3.11. The number of esters is 1. The number of nitrogens with zero attached hydrogens (tertiary/aromatic N) is 2. The summed E-state index contributed by atoms with van der Waals surface area (Å²) >= 11 is 1.27. The highest BCUT2D eigenvalue weighted by molar-refractivity contribution is 7.13. The number of rotatable bonds is 6. The number of anilines is 1. The summed E-state index contributed by atoms with van der Waals surface area (Å²) in [6, 6.07) is 9.26. The standard InChI is InChI=1S/C20H23N3O4S/c1-3-27-17(25)11-14-12-28-20(21-14)22-19(26)15-9-10-16(24)23(2)18(15)13-7-5-4-6-8-13/h4-8,12,15,18H,3,9-11H2,1-2H3,(H,21,22,26)/t15-,18-/m1/s1. The predicted octanol–water partition coefficient (Wildman–Crippen LogP) is 2.80. The molecular weight excluding hydrogens is 378 g/mol. The summed E-state index contributed by atoms with van der Waals surface area (Å²) < 4.78 is 4.92. The lowest BCUT2D eigenvalue weighted by molar-refractivity contribution is -0.142. The first kappa shape index (κ1) is 20.0. The second-order valence-corrected chi connectivity index (χ2v) is 7.48. The van der Waals surface area contributed by atoms with Crippen LogP contribution in [-0.4, -0.2) is 41.3 Å². The van der Waals surface area contributed by atoms with E-state index in [9.17, 15) is 14.4 Å². The highest BCUT2D eigenvalue weighted by Crippen LogP contribution is 2.36. The molecule has 2 atom stereocenters. The van der Waals surface area contributed by atoms with Gasteiger partial charge in [0, 0.05) is 18.8 Å². The minimum atomic E-state index is -0.373. The molecule has 0 bridgehead atoms. The van der Waals surface area contributed by atoms with Crippen molar-refractivity contribution in [3.8, 4) is 0 Å². The van der Waals surface area contributed by atoms with Crippen molar-refractivity contribution in [1.82, 2.24) is 9.88 Å². The molecule has 1 N–H and O–H groups in total. The number of carbonyl (C=O) groups excluding carboxylic acids is 3. The molecule has 0 aliphatic carbocycles. The molecule has 7 nitrogen and oxygen atoms in total. The minimum Gasteiger partial charge on any atom is -0.466 e. The van der Waals surface area contributed by atoms with Crippen LogP contribution < -0.4 is 5.32 Å². The molecule has 28 heavy (non-hydrogen) atoms. The number of benzene rings is 1. The Labute approximate surface area is 167 Å². The lowest BCUT2D eigenvalue weighted by atomic mass is 9.84. The number of hydrogen-bond donors (Lipinski definition) is 1. The van der Waals surface area contributed by atoms with Crippen LogP contribution in [0.4, 0.5) is 5.13 Å². The van der Waals surface area contributed by atoms with Gasteiger partial charge in [-0.25, -0.2) is 4.98 Å². The molecule has 1 aliphatic rings. The van der Waals surface area contributed by atoms with Crippen molar-refractivity contribution >= 4 is 34.3 Å². The topological polar surface area (TPSA) is 88.6 Å². The molecule has 1 aliphatic heterocycles. The third-order valence-electron chi connectivity index (χ3n) is 4.75. The van der Waals surface area contributed by atoms with E-state index in [4.69, 9.17) is 4.74 Å². The van der Waals surface area contributed by atoms with Crippen molar-refractivity contribution in [1.29, 1.82) is 0 Å². The number of thiazole rings is 1. The van der Waals surface area contributed by atoms with E-state index in [0.717, 1.165) is 5.56 Å². The van der Waals surface area contributed by atoms with Crippen LogP contribution in [0.25, 0.3) is 0 Å². The van der Waals surface area contributed by atoms with Gasteiger partial charge in [0.2, 0.25) is 11.8 Å². The summed E-state index contributed by atoms with van der Waals surface area (Å²) in [6.45, 7) is 2.07. The Morgan fingerprint density at radius 3 is 2.79 bits per heavy atom. The first-order valence-corrected chi connectivity index (χ1v) is 10.1. The lowest BCUT2D eigenvalue weighted by Crippen LogP contribution is -2.44. The number of nitrogens with one attached hydrogen (secondary N) is 1. The third kappa shape index (κ3) is 4.56. The van der Waals surface area contributed by atoms with Crippen molar-refractivity contribution in [2.45, 2.75) is 32.2 Å². The monoisotopic (exact) mass is 401 g/mol. The van der Waals surface area contributed by atoms with Crippen LogP contribution in [0.5, 0.6) is 0 Å². The fourth-order valence-electron chi connectivity index (χ4n) is 3.42. The summed E-state index contributed by atoms with van der Waals surface area (Å²) in [5.41, 5.74) is 1.50. The Kier molecular flexibility index (Phi) is 6.41. The highest BCUT2D eigenvalue weighted by atomic mass is 32.1. The smallest absolute Gasteiger partial charge is 0.311 e. The zero-order chi connectivity index (χ0) is 20.1. The van der Waals surface area contributed by atoms with Crippen molar-refractivity contribution < 1.29 is 19.1 Å². The van der Waals surface area contributed by atoms with Gasteiger partial charge >= 0.3 is 5.97 Å².